The Morgan fingerprint density at radius 3 is 2.27 bits per heavy atom. The van der Waals surface area contributed by atoms with Crippen LogP contribution in [0.5, 0.6) is 5.75 Å². The summed E-state index contributed by atoms with van der Waals surface area (Å²) in [5.41, 5.74) is 3.11. The number of ether oxygens (including phenoxy) is 1. The van der Waals surface area contributed by atoms with Gasteiger partial charge in [0.1, 0.15) is 5.75 Å². The average Bonchev–Trinajstić information content (AvgIpc) is 2.66. The SMILES string of the molecule is CCN(c1ccc(C(=O)NCCCc2ccc(OC)cc2)cc1)C(C)C. The molecular formula is C22H30N2O2. The van der Waals surface area contributed by atoms with Gasteiger partial charge in [-0.3, -0.25) is 4.79 Å². The number of methoxy groups -OCH3 is 1. The van der Waals surface area contributed by atoms with Crippen LogP contribution >= 0.6 is 0 Å². The van der Waals surface area contributed by atoms with E-state index in [1.165, 1.54) is 5.56 Å². The molecule has 2 aromatic carbocycles. The van der Waals surface area contributed by atoms with Gasteiger partial charge in [-0.25, -0.2) is 0 Å². The first-order valence-corrected chi connectivity index (χ1v) is 9.33. The summed E-state index contributed by atoms with van der Waals surface area (Å²) in [4.78, 5) is 14.6. The van der Waals surface area contributed by atoms with E-state index in [4.69, 9.17) is 4.74 Å². The number of amides is 1. The van der Waals surface area contributed by atoms with Gasteiger partial charge in [-0.05, 0) is 75.6 Å². The minimum Gasteiger partial charge on any atom is -0.497 e. The molecule has 26 heavy (non-hydrogen) atoms. The number of nitrogens with one attached hydrogen (secondary N) is 1. The molecule has 0 fully saturated rings. The highest BCUT2D eigenvalue weighted by Gasteiger charge is 2.10. The van der Waals surface area contributed by atoms with Crippen LogP contribution in [0.15, 0.2) is 48.5 Å². The molecule has 0 aliphatic carbocycles. The summed E-state index contributed by atoms with van der Waals surface area (Å²) in [5, 5.41) is 3.00. The van der Waals surface area contributed by atoms with Gasteiger partial charge in [-0.15, -0.1) is 0 Å². The van der Waals surface area contributed by atoms with E-state index in [9.17, 15) is 4.79 Å². The van der Waals surface area contributed by atoms with Crippen molar-refractivity contribution in [2.24, 2.45) is 0 Å². The van der Waals surface area contributed by atoms with Crippen molar-refractivity contribution in [2.75, 3.05) is 25.1 Å². The third kappa shape index (κ3) is 5.51. The Balaban J connectivity index is 1.80. The Kier molecular flexibility index (Phi) is 7.52. The number of anilines is 1. The Morgan fingerprint density at radius 2 is 1.73 bits per heavy atom. The highest BCUT2D eigenvalue weighted by atomic mass is 16.5. The third-order valence-corrected chi connectivity index (χ3v) is 4.51. The van der Waals surface area contributed by atoms with Crippen LogP contribution in [0.25, 0.3) is 0 Å². The van der Waals surface area contributed by atoms with Gasteiger partial charge >= 0.3 is 0 Å². The average molecular weight is 354 g/mol. The van der Waals surface area contributed by atoms with Gasteiger partial charge in [0.15, 0.2) is 0 Å². The normalized spacial score (nSPS) is 10.7. The molecule has 0 saturated heterocycles. The zero-order valence-corrected chi connectivity index (χ0v) is 16.3. The Hall–Kier alpha value is -2.49. The number of hydrogen-bond acceptors (Lipinski definition) is 3. The number of rotatable bonds is 9. The number of hydrogen-bond donors (Lipinski definition) is 1. The standard InChI is InChI=1S/C22H30N2O2/c1-5-24(17(2)3)20-12-10-19(11-13-20)22(25)23-16-6-7-18-8-14-21(26-4)15-9-18/h8-15,17H,5-7,16H2,1-4H3,(H,23,25). The lowest BCUT2D eigenvalue weighted by molar-refractivity contribution is 0.0953. The van der Waals surface area contributed by atoms with E-state index in [1.54, 1.807) is 7.11 Å². The lowest BCUT2D eigenvalue weighted by Crippen LogP contribution is -2.30. The van der Waals surface area contributed by atoms with Crippen molar-refractivity contribution < 1.29 is 9.53 Å². The first-order valence-electron chi connectivity index (χ1n) is 9.33. The van der Waals surface area contributed by atoms with E-state index >= 15 is 0 Å². The maximum Gasteiger partial charge on any atom is 0.251 e. The van der Waals surface area contributed by atoms with Gasteiger partial charge in [0.05, 0.1) is 7.11 Å². The maximum atomic E-state index is 12.3. The first-order chi connectivity index (χ1) is 12.5. The number of nitrogens with zero attached hydrogens (tertiary/aromatic N) is 1. The van der Waals surface area contributed by atoms with Crippen molar-refractivity contribution in [1.82, 2.24) is 5.32 Å². The monoisotopic (exact) mass is 354 g/mol. The van der Waals surface area contributed by atoms with Gasteiger partial charge in [0.2, 0.25) is 0 Å². The summed E-state index contributed by atoms with van der Waals surface area (Å²) >= 11 is 0. The van der Waals surface area contributed by atoms with Crippen LogP contribution < -0.4 is 15.0 Å². The van der Waals surface area contributed by atoms with Crippen molar-refractivity contribution >= 4 is 11.6 Å². The smallest absolute Gasteiger partial charge is 0.251 e. The van der Waals surface area contributed by atoms with E-state index in [-0.39, 0.29) is 5.91 Å². The molecule has 0 spiro atoms. The Bertz CT molecular complexity index is 678. The molecular weight excluding hydrogens is 324 g/mol. The fourth-order valence-corrected chi connectivity index (χ4v) is 3.04. The van der Waals surface area contributed by atoms with E-state index in [2.05, 4.69) is 43.1 Å². The maximum absolute atomic E-state index is 12.3. The fraction of sp³-hybridized carbons (Fsp3) is 0.409. The summed E-state index contributed by atoms with van der Waals surface area (Å²) in [6.07, 6.45) is 1.84. The third-order valence-electron chi connectivity index (χ3n) is 4.51. The van der Waals surface area contributed by atoms with Gasteiger partial charge in [0.25, 0.3) is 5.91 Å². The lowest BCUT2D eigenvalue weighted by Gasteiger charge is -2.27. The van der Waals surface area contributed by atoms with Crippen molar-refractivity contribution in [2.45, 2.75) is 39.7 Å². The number of carbonyl (C=O) groups excluding carboxylic acids is 1. The van der Waals surface area contributed by atoms with Crippen LogP contribution in [-0.2, 0) is 6.42 Å². The van der Waals surface area contributed by atoms with E-state index in [1.807, 2.05) is 36.4 Å². The zero-order valence-electron chi connectivity index (χ0n) is 16.3. The molecule has 0 saturated carbocycles. The highest BCUT2D eigenvalue weighted by Crippen LogP contribution is 2.17. The van der Waals surface area contributed by atoms with Crippen LogP contribution in [0.3, 0.4) is 0 Å². The molecule has 4 heteroatoms. The molecule has 0 bridgehead atoms. The van der Waals surface area contributed by atoms with Gasteiger partial charge in [-0.1, -0.05) is 12.1 Å². The van der Waals surface area contributed by atoms with Crippen molar-refractivity contribution in [3.63, 3.8) is 0 Å². The number of carbonyl (C=O) groups is 1. The molecule has 0 unspecified atom stereocenters. The van der Waals surface area contributed by atoms with E-state index in [0.29, 0.717) is 18.2 Å². The molecule has 1 N–H and O–H groups in total. The van der Waals surface area contributed by atoms with Gasteiger partial charge < -0.3 is 15.0 Å². The first kappa shape index (κ1) is 19.8. The van der Waals surface area contributed by atoms with Crippen LogP contribution in [-0.4, -0.2) is 32.1 Å². The van der Waals surface area contributed by atoms with Crippen LogP contribution in [0.4, 0.5) is 5.69 Å². The predicted octanol–water partition coefficient (Wildman–Crippen LogP) is 4.29. The molecule has 0 aliphatic rings. The second kappa shape index (κ2) is 9.85. The van der Waals surface area contributed by atoms with Crippen LogP contribution in [0, 0.1) is 0 Å². The molecule has 140 valence electrons. The highest BCUT2D eigenvalue weighted by molar-refractivity contribution is 5.94. The minimum atomic E-state index is -0.0149. The van der Waals surface area contributed by atoms with Gasteiger partial charge in [-0.2, -0.15) is 0 Å². The minimum absolute atomic E-state index is 0.0149. The predicted molar refractivity (Wildman–Crippen MR) is 108 cm³/mol. The van der Waals surface area contributed by atoms with Crippen LogP contribution in [0.1, 0.15) is 43.1 Å². The Morgan fingerprint density at radius 1 is 1.08 bits per heavy atom. The molecule has 2 aromatic rings. The molecule has 0 aliphatic heterocycles. The summed E-state index contributed by atoms with van der Waals surface area (Å²) in [6.45, 7) is 8.11. The second-order valence-electron chi connectivity index (χ2n) is 6.63. The Labute approximate surface area is 157 Å². The summed E-state index contributed by atoms with van der Waals surface area (Å²) in [7, 11) is 1.67. The fourth-order valence-electron chi connectivity index (χ4n) is 3.04. The lowest BCUT2D eigenvalue weighted by atomic mass is 10.1. The van der Waals surface area contributed by atoms with Crippen molar-refractivity contribution in [3.8, 4) is 5.75 Å². The number of benzene rings is 2. The zero-order chi connectivity index (χ0) is 18.9. The molecule has 0 atom stereocenters. The largest absolute Gasteiger partial charge is 0.497 e. The summed E-state index contributed by atoms with van der Waals surface area (Å²) in [5.74, 6) is 0.850. The van der Waals surface area contributed by atoms with Crippen molar-refractivity contribution in [3.05, 3.63) is 59.7 Å². The topological polar surface area (TPSA) is 41.6 Å². The quantitative estimate of drug-likeness (QED) is 0.683. The van der Waals surface area contributed by atoms with E-state index in [0.717, 1.165) is 30.8 Å². The summed E-state index contributed by atoms with van der Waals surface area (Å²) < 4.78 is 5.16. The molecule has 1 amide bonds. The molecule has 0 heterocycles. The molecule has 2 rings (SSSR count). The van der Waals surface area contributed by atoms with E-state index < -0.39 is 0 Å². The number of aryl methyl sites for hydroxylation is 1. The second-order valence-corrected chi connectivity index (χ2v) is 6.63. The molecule has 0 radical (unpaired) electrons. The van der Waals surface area contributed by atoms with Crippen LogP contribution in [0.2, 0.25) is 0 Å². The molecule has 0 aromatic heterocycles. The van der Waals surface area contributed by atoms with Crippen molar-refractivity contribution in [1.29, 1.82) is 0 Å². The van der Waals surface area contributed by atoms with Gasteiger partial charge in [0, 0.05) is 30.4 Å². The molecule has 4 nitrogen and oxygen atoms in total. The summed E-state index contributed by atoms with van der Waals surface area (Å²) in [6, 6.07) is 16.3.